The van der Waals surface area contributed by atoms with E-state index in [4.69, 9.17) is 0 Å². The van der Waals surface area contributed by atoms with Crippen LogP contribution in [0.25, 0.3) is 0 Å². The van der Waals surface area contributed by atoms with E-state index >= 15 is 0 Å². The molecule has 1 aliphatic rings. The molecule has 0 aromatic rings. The Hall–Kier alpha value is -0.0000000000000000278. The molecule has 1 rings (SSSR count). The molecule has 0 aliphatic heterocycles. The van der Waals surface area contributed by atoms with Crippen molar-refractivity contribution in [2.24, 2.45) is 0 Å². The van der Waals surface area contributed by atoms with Gasteiger partial charge in [-0.3, -0.25) is 0 Å². The molecule has 1 fully saturated rings. The van der Waals surface area contributed by atoms with E-state index < -0.39 is 0 Å². The van der Waals surface area contributed by atoms with E-state index in [1.807, 2.05) is 4.99 Å². The molecular weight excluding hydrogens is 176 g/mol. The highest BCUT2D eigenvalue weighted by molar-refractivity contribution is 9.11. The molecule has 1 aliphatic carbocycles. The lowest BCUT2D eigenvalue weighted by atomic mass is 9.96. The lowest BCUT2D eigenvalue weighted by Crippen LogP contribution is -1.91. The molecule has 0 saturated heterocycles. The summed E-state index contributed by atoms with van der Waals surface area (Å²) in [5, 5.41) is 0. The zero-order valence-corrected chi connectivity index (χ0v) is 7.08. The Bertz CT molecular complexity index is 133. The summed E-state index contributed by atoms with van der Waals surface area (Å²) >= 11 is 3.23. The van der Waals surface area contributed by atoms with Crippen LogP contribution in [0.2, 0.25) is 0 Å². The second kappa shape index (κ2) is 3.92. The van der Waals surface area contributed by atoms with Crippen LogP contribution < -0.4 is 0 Å². The van der Waals surface area contributed by atoms with Gasteiger partial charge in [-0.1, -0.05) is 22.4 Å². The van der Waals surface area contributed by atoms with Crippen molar-refractivity contribution in [3.8, 4) is 0 Å². The van der Waals surface area contributed by atoms with Gasteiger partial charge in [-0.25, -0.2) is 0 Å². The summed E-state index contributed by atoms with van der Waals surface area (Å²) in [7, 11) is 0. The Morgan fingerprint density at radius 2 is 1.89 bits per heavy atom. The van der Waals surface area contributed by atoms with Crippen LogP contribution in [0.5, 0.6) is 0 Å². The molecule has 0 unspecified atom stereocenters. The summed E-state index contributed by atoms with van der Waals surface area (Å²) < 4.78 is 0. The van der Waals surface area contributed by atoms with Crippen LogP contribution >= 0.6 is 15.9 Å². The highest BCUT2D eigenvalue weighted by atomic mass is 79.9. The first-order chi connectivity index (χ1) is 4.43. The predicted molar refractivity (Wildman–Crippen MR) is 43.6 cm³/mol. The second-order valence-electron chi connectivity index (χ2n) is 2.42. The fraction of sp³-hybridized carbons (Fsp3) is 0.625. The Morgan fingerprint density at radius 1 is 1.22 bits per heavy atom. The van der Waals surface area contributed by atoms with E-state index in [1.165, 1.54) is 37.7 Å². The lowest BCUT2D eigenvalue weighted by Gasteiger charge is -2.09. The molecule has 0 bridgehead atoms. The van der Waals surface area contributed by atoms with Crippen LogP contribution in [0.15, 0.2) is 16.3 Å². The third kappa shape index (κ3) is 2.38. The van der Waals surface area contributed by atoms with Gasteiger partial charge in [0, 0.05) is 4.99 Å². The Balaban J connectivity index is 2.49. The number of hydrogen-bond donors (Lipinski definition) is 0. The first kappa shape index (κ1) is 7.11. The second-order valence-corrected chi connectivity index (χ2v) is 2.88. The van der Waals surface area contributed by atoms with E-state index in [2.05, 4.69) is 21.7 Å². The minimum absolute atomic E-state index is 1.27. The van der Waals surface area contributed by atoms with Crippen molar-refractivity contribution >= 4 is 15.9 Å². The Morgan fingerprint density at radius 3 is 2.44 bits per heavy atom. The lowest BCUT2D eigenvalue weighted by molar-refractivity contribution is 0.600. The molecule has 0 nitrogen and oxygen atoms in total. The molecule has 0 N–H and O–H groups in total. The first-order valence-electron chi connectivity index (χ1n) is 3.46. The summed E-state index contributed by atoms with van der Waals surface area (Å²) in [6.07, 6.45) is 6.67. The van der Waals surface area contributed by atoms with Crippen molar-refractivity contribution in [3.05, 3.63) is 16.3 Å². The first-order valence-corrected chi connectivity index (χ1v) is 4.38. The monoisotopic (exact) mass is 186 g/mol. The summed E-state index contributed by atoms with van der Waals surface area (Å²) in [4.78, 5) is 1.84. The van der Waals surface area contributed by atoms with Gasteiger partial charge in [0.1, 0.15) is 0 Å². The van der Waals surface area contributed by atoms with Gasteiger partial charge in [0.2, 0.25) is 0 Å². The average molecular weight is 187 g/mol. The van der Waals surface area contributed by atoms with Gasteiger partial charge in [-0.05, 0) is 31.3 Å². The fourth-order valence-corrected chi connectivity index (χ4v) is 1.52. The third-order valence-corrected chi connectivity index (χ3v) is 1.94. The van der Waals surface area contributed by atoms with Crippen molar-refractivity contribution in [2.75, 3.05) is 0 Å². The molecule has 0 radical (unpaired) electrons. The molecule has 50 valence electrons. The highest BCUT2D eigenvalue weighted by Crippen LogP contribution is 2.21. The molecule has 0 aromatic heterocycles. The van der Waals surface area contributed by atoms with Crippen LogP contribution in [0.3, 0.4) is 0 Å². The summed E-state index contributed by atoms with van der Waals surface area (Å²) in [6.45, 7) is 0. The van der Waals surface area contributed by atoms with E-state index in [1.54, 1.807) is 0 Å². The van der Waals surface area contributed by atoms with E-state index in [9.17, 15) is 0 Å². The number of allylic oxidation sites excluding steroid dienone is 1. The van der Waals surface area contributed by atoms with Crippen LogP contribution in [0.1, 0.15) is 32.1 Å². The van der Waals surface area contributed by atoms with Crippen LogP contribution in [-0.2, 0) is 0 Å². The number of hydrogen-bond acceptors (Lipinski definition) is 0. The topological polar surface area (TPSA) is 0 Å². The normalized spacial score (nSPS) is 19.0. The van der Waals surface area contributed by atoms with Crippen molar-refractivity contribution in [1.29, 1.82) is 0 Å². The number of rotatable bonds is 0. The Kier molecular flexibility index (Phi) is 3.10. The SMILES string of the molecule is BrC=C=C1CCCCC1. The van der Waals surface area contributed by atoms with Crippen LogP contribution in [-0.4, -0.2) is 0 Å². The standard InChI is InChI=1S/C8H11Br/c9-7-6-8-4-2-1-3-5-8/h7H,1-5H2. The van der Waals surface area contributed by atoms with Gasteiger partial charge in [0.25, 0.3) is 0 Å². The van der Waals surface area contributed by atoms with Gasteiger partial charge < -0.3 is 0 Å². The minimum Gasteiger partial charge on any atom is -0.114 e. The molecule has 1 heteroatoms. The molecule has 0 atom stereocenters. The summed E-state index contributed by atoms with van der Waals surface area (Å²) in [5.41, 5.74) is 4.68. The van der Waals surface area contributed by atoms with Gasteiger partial charge in [-0.15, -0.1) is 5.73 Å². The summed E-state index contributed by atoms with van der Waals surface area (Å²) in [6, 6.07) is 0. The smallest absolute Gasteiger partial charge is 0.0231 e. The van der Waals surface area contributed by atoms with Crippen molar-refractivity contribution in [2.45, 2.75) is 32.1 Å². The van der Waals surface area contributed by atoms with Gasteiger partial charge in [0.05, 0.1) is 0 Å². The number of halogens is 1. The van der Waals surface area contributed by atoms with Crippen LogP contribution in [0, 0.1) is 0 Å². The fourth-order valence-electron chi connectivity index (χ4n) is 1.20. The van der Waals surface area contributed by atoms with E-state index in [0.29, 0.717) is 0 Å². The minimum atomic E-state index is 1.27. The average Bonchev–Trinajstić information content (AvgIpc) is 1.91. The third-order valence-electron chi connectivity index (χ3n) is 1.72. The molecule has 0 aromatic carbocycles. The van der Waals surface area contributed by atoms with Gasteiger partial charge in [-0.2, -0.15) is 0 Å². The van der Waals surface area contributed by atoms with Gasteiger partial charge in [0.15, 0.2) is 0 Å². The van der Waals surface area contributed by atoms with Gasteiger partial charge >= 0.3 is 0 Å². The van der Waals surface area contributed by atoms with Crippen molar-refractivity contribution in [3.63, 3.8) is 0 Å². The largest absolute Gasteiger partial charge is 0.114 e. The van der Waals surface area contributed by atoms with Crippen molar-refractivity contribution in [1.82, 2.24) is 0 Å². The molecule has 0 heterocycles. The maximum Gasteiger partial charge on any atom is 0.0231 e. The molecule has 0 spiro atoms. The predicted octanol–water partition coefficient (Wildman–Crippen LogP) is 3.38. The maximum atomic E-state index is 3.23. The molecule has 1 saturated carbocycles. The van der Waals surface area contributed by atoms with Crippen molar-refractivity contribution < 1.29 is 0 Å². The zero-order chi connectivity index (χ0) is 6.53. The quantitative estimate of drug-likeness (QED) is 0.510. The molecular formula is C8H11Br. The van der Waals surface area contributed by atoms with E-state index in [0.717, 1.165) is 0 Å². The zero-order valence-electron chi connectivity index (χ0n) is 5.49. The summed E-state index contributed by atoms with van der Waals surface area (Å²) in [5.74, 6) is 0. The van der Waals surface area contributed by atoms with E-state index in [-0.39, 0.29) is 0 Å². The van der Waals surface area contributed by atoms with Crippen LogP contribution in [0.4, 0.5) is 0 Å². The highest BCUT2D eigenvalue weighted by Gasteiger charge is 2.02. The molecule has 0 amide bonds. The maximum absolute atomic E-state index is 3.23. The molecule has 9 heavy (non-hydrogen) atoms. The Labute approximate surface area is 64.8 Å².